The Morgan fingerprint density at radius 2 is 1.74 bits per heavy atom. The van der Waals surface area contributed by atoms with E-state index in [1.165, 1.54) is 28.6 Å². The Labute approximate surface area is 142 Å². The van der Waals surface area contributed by atoms with E-state index in [2.05, 4.69) is 39.7 Å². The van der Waals surface area contributed by atoms with Crippen molar-refractivity contribution in [1.82, 2.24) is 0 Å². The van der Waals surface area contributed by atoms with E-state index in [0.29, 0.717) is 5.56 Å². The molecule has 0 N–H and O–H groups in total. The Morgan fingerprint density at radius 3 is 2.22 bits per heavy atom. The van der Waals surface area contributed by atoms with Gasteiger partial charge in [-0.2, -0.15) is 0 Å². The number of hydrogen-bond acceptors (Lipinski definition) is 0. The van der Waals surface area contributed by atoms with Crippen molar-refractivity contribution in [2.75, 3.05) is 0 Å². The summed E-state index contributed by atoms with van der Waals surface area (Å²) in [6.45, 7) is 2.18. The molecule has 23 heavy (non-hydrogen) atoms. The van der Waals surface area contributed by atoms with Crippen molar-refractivity contribution in [2.24, 2.45) is 0 Å². The van der Waals surface area contributed by atoms with Crippen molar-refractivity contribution in [3.63, 3.8) is 0 Å². The van der Waals surface area contributed by atoms with Crippen LogP contribution in [0.2, 0.25) is 14.8 Å². The van der Waals surface area contributed by atoms with Gasteiger partial charge in [0.1, 0.15) is 0 Å². The van der Waals surface area contributed by atoms with Gasteiger partial charge >= 0.3 is 142 Å². The van der Waals surface area contributed by atoms with Gasteiger partial charge < -0.3 is 0 Å². The Morgan fingerprint density at radius 1 is 1.13 bits per heavy atom. The predicted octanol–water partition coefficient (Wildman–Crippen LogP) is 6.44. The van der Waals surface area contributed by atoms with E-state index in [1.54, 1.807) is 0 Å². The average Bonchev–Trinajstić information content (AvgIpc) is 2.44. The molecule has 126 valence electrons. The quantitative estimate of drug-likeness (QED) is 0.287. The molecule has 0 fully saturated rings. The van der Waals surface area contributed by atoms with Crippen LogP contribution in [0.25, 0.3) is 0 Å². The molecule has 0 heterocycles. The van der Waals surface area contributed by atoms with Crippen molar-refractivity contribution in [3.8, 4) is 11.8 Å². The summed E-state index contributed by atoms with van der Waals surface area (Å²) in [5.41, 5.74) is 0.00380. The van der Waals surface area contributed by atoms with E-state index in [1.807, 2.05) is 0 Å². The van der Waals surface area contributed by atoms with Crippen molar-refractivity contribution < 1.29 is 13.2 Å². The zero-order chi connectivity index (χ0) is 17.5. The molecule has 1 rings (SSSR count). The molecule has 0 atom stereocenters. The van der Waals surface area contributed by atoms with E-state index < -0.39 is 30.1 Å². The van der Waals surface area contributed by atoms with Gasteiger partial charge in [-0.1, -0.05) is 0 Å². The minimum atomic E-state index is -4.29. The monoisotopic (exact) mass is 430 g/mol. The van der Waals surface area contributed by atoms with Gasteiger partial charge in [-0.25, -0.2) is 0 Å². The molecule has 0 unspecified atom stereocenters. The summed E-state index contributed by atoms with van der Waals surface area (Å²) in [6, 6.07) is 5.06. The molecule has 0 nitrogen and oxygen atoms in total. The van der Waals surface area contributed by atoms with Crippen LogP contribution in [0.15, 0.2) is 33.9 Å². The van der Waals surface area contributed by atoms with E-state index in [9.17, 15) is 13.2 Å². The molecule has 0 amide bonds. The molecule has 4 heteroatoms. The molecule has 1 aromatic rings. The van der Waals surface area contributed by atoms with Crippen molar-refractivity contribution in [3.05, 3.63) is 45.1 Å². The molecule has 1 aromatic carbocycles. The molecule has 0 aliphatic carbocycles. The Balaban J connectivity index is 2.79. The van der Waals surface area contributed by atoms with E-state index in [-0.39, 0.29) is 0 Å². The fraction of sp³-hybridized carbons (Fsp3) is 0.474. The second-order valence-electron chi connectivity index (χ2n) is 6.68. The molecule has 0 aliphatic rings. The van der Waals surface area contributed by atoms with Gasteiger partial charge in [-0.15, -0.1) is 0 Å². The van der Waals surface area contributed by atoms with Gasteiger partial charge in [0.25, 0.3) is 0 Å². The average molecular weight is 429 g/mol. The van der Waals surface area contributed by atoms with Crippen LogP contribution < -0.4 is 0 Å². The van der Waals surface area contributed by atoms with Crippen molar-refractivity contribution in [2.45, 2.75) is 53.6 Å². The standard InChI is InChI=1S/C16H16F3.3CH3.Sn/c1-2-3-4-5-6-7-8-9-14-10-12-15(13-11-14)16(17,18)19;;;;/h5,10-13H,2-4,7H2,1H3;3*1H3;. The number of unbranched alkanes of at least 4 members (excludes halogenated alkanes) is 2. The number of rotatable bonds is 5. The molecule has 0 saturated heterocycles. The van der Waals surface area contributed by atoms with E-state index >= 15 is 0 Å². The number of allylic oxidation sites excluding steroid dienone is 2. The Hall–Kier alpha value is -0.891. The third-order valence-corrected chi connectivity index (χ3v) is 10.2. The summed E-state index contributed by atoms with van der Waals surface area (Å²) < 4.78 is 39.1. The molecular weight excluding hydrogens is 404 g/mol. The SMILES string of the molecule is CCCC/C=[C](/CC#Cc1ccc(C(F)(F)F)cc1)[Sn]([CH3])([CH3])[CH3]. The molecule has 0 spiro atoms. The first-order valence-electron chi connectivity index (χ1n) is 8.00. The third kappa shape index (κ3) is 7.48. The summed E-state index contributed by atoms with van der Waals surface area (Å²) in [7, 11) is 0. The van der Waals surface area contributed by atoms with Gasteiger partial charge in [0.15, 0.2) is 0 Å². The number of halogens is 3. The zero-order valence-electron chi connectivity index (χ0n) is 14.3. The van der Waals surface area contributed by atoms with Crippen LogP contribution in [0.4, 0.5) is 13.2 Å². The van der Waals surface area contributed by atoms with Crippen LogP contribution in [-0.2, 0) is 6.18 Å². The first kappa shape index (κ1) is 20.2. The Bertz CT molecular complexity index is 578. The van der Waals surface area contributed by atoms with E-state index in [0.717, 1.165) is 25.0 Å². The molecular formula is C19H25F3Sn. The topological polar surface area (TPSA) is 0 Å². The maximum absolute atomic E-state index is 12.5. The van der Waals surface area contributed by atoms with Crippen LogP contribution >= 0.6 is 0 Å². The zero-order valence-corrected chi connectivity index (χ0v) is 17.2. The van der Waals surface area contributed by atoms with Crippen molar-refractivity contribution in [1.29, 1.82) is 0 Å². The second-order valence-corrected chi connectivity index (χ2v) is 21.4. The van der Waals surface area contributed by atoms with Crippen LogP contribution in [-0.4, -0.2) is 18.4 Å². The molecule has 0 radical (unpaired) electrons. The number of benzene rings is 1. The summed E-state index contributed by atoms with van der Waals surface area (Å²) >= 11 is -2.14. The van der Waals surface area contributed by atoms with Gasteiger partial charge in [0, 0.05) is 0 Å². The van der Waals surface area contributed by atoms with Crippen LogP contribution in [0.5, 0.6) is 0 Å². The molecule has 0 aromatic heterocycles. The summed E-state index contributed by atoms with van der Waals surface area (Å²) in [5, 5.41) is 0. The second kappa shape index (κ2) is 8.82. The summed E-state index contributed by atoms with van der Waals surface area (Å²) in [5.74, 6) is 6.14. The molecule has 0 saturated carbocycles. The summed E-state index contributed by atoms with van der Waals surface area (Å²) in [4.78, 5) is 7.10. The molecule has 0 aliphatic heterocycles. The van der Waals surface area contributed by atoms with Crippen LogP contribution in [0.1, 0.15) is 43.7 Å². The minimum absolute atomic E-state index is 0.630. The van der Waals surface area contributed by atoms with E-state index in [4.69, 9.17) is 0 Å². The van der Waals surface area contributed by atoms with Crippen LogP contribution in [0, 0.1) is 11.8 Å². The first-order valence-corrected chi connectivity index (χ1v) is 18.0. The Kier molecular flexibility index (Phi) is 7.73. The molecule has 0 bridgehead atoms. The first-order chi connectivity index (χ1) is 10.6. The van der Waals surface area contributed by atoms with Crippen molar-refractivity contribution >= 4 is 18.4 Å². The third-order valence-electron chi connectivity index (χ3n) is 3.64. The normalized spacial score (nSPS) is 12.7. The van der Waals surface area contributed by atoms with Gasteiger partial charge in [0.2, 0.25) is 0 Å². The van der Waals surface area contributed by atoms with Crippen LogP contribution in [0.3, 0.4) is 0 Å². The number of alkyl halides is 3. The fourth-order valence-corrected chi connectivity index (χ4v) is 6.03. The van der Waals surface area contributed by atoms with Gasteiger partial charge in [0.05, 0.1) is 0 Å². The van der Waals surface area contributed by atoms with Gasteiger partial charge in [-0.3, -0.25) is 0 Å². The van der Waals surface area contributed by atoms with Gasteiger partial charge in [-0.05, 0) is 0 Å². The number of hydrogen-bond donors (Lipinski definition) is 0. The summed E-state index contributed by atoms with van der Waals surface area (Å²) in [6.07, 6.45) is 2.27. The maximum atomic E-state index is 12.5. The predicted molar refractivity (Wildman–Crippen MR) is 93.9 cm³/mol. The fourth-order valence-electron chi connectivity index (χ4n) is 2.11.